The van der Waals surface area contributed by atoms with Crippen molar-refractivity contribution in [3.8, 4) is 0 Å². The summed E-state index contributed by atoms with van der Waals surface area (Å²) in [5.74, 6) is -2.26. The van der Waals surface area contributed by atoms with Gasteiger partial charge in [0.1, 0.15) is 0 Å². The first-order valence-electron chi connectivity index (χ1n) is 6.69. The number of carboxylic acids is 2. The highest BCUT2D eigenvalue weighted by molar-refractivity contribution is 5.75. The van der Waals surface area contributed by atoms with E-state index in [9.17, 15) is 14.7 Å². The van der Waals surface area contributed by atoms with E-state index in [1.54, 1.807) is 24.3 Å². The van der Waals surface area contributed by atoms with Crippen molar-refractivity contribution in [2.45, 2.75) is 44.8 Å². The molecule has 0 bridgehead atoms. The van der Waals surface area contributed by atoms with E-state index in [0.717, 1.165) is 12.0 Å². The van der Waals surface area contributed by atoms with Crippen LogP contribution in [0.15, 0.2) is 30.3 Å². The van der Waals surface area contributed by atoms with Crippen molar-refractivity contribution < 1.29 is 24.5 Å². The van der Waals surface area contributed by atoms with Crippen molar-refractivity contribution in [1.29, 1.82) is 0 Å². The van der Waals surface area contributed by atoms with Gasteiger partial charge < -0.3 is 14.9 Å². The Morgan fingerprint density at radius 1 is 1.10 bits per heavy atom. The monoisotopic (exact) mass is 280 g/mol. The molecule has 2 N–H and O–H groups in total. The Labute approximate surface area is 118 Å². The second-order valence-corrected chi connectivity index (χ2v) is 4.62. The van der Waals surface area contributed by atoms with Crippen LogP contribution in [0.4, 0.5) is 0 Å². The van der Waals surface area contributed by atoms with Crippen molar-refractivity contribution in [2.75, 3.05) is 0 Å². The number of ether oxygens (including phenoxy) is 1. The smallest absolute Gasteiger partial charge is 0.333 e. The average molecular weight is 280 g/mol. The average Bonchev–Trinajstić information content (AvgIpc) is 2.42. The third kappa shape index (κ3) is 5.40. The third-order valence-corrected chi connectivity index (χ3v) is 2.96. The summed E-state index contributed by atoms with van der Waals surface area (Å²) in [4.78, 5) is 22.3. The van der Waals surface area contributed by atoms with Gasteiger partial charge in [0.15, 0.2) is 12.2 Å². The minimum absolute atomic E-state index is 0.159. The lowest BCUT2D eigenvalue weighted by Gasteiger charge is -2.19. The van der Waals surface area contributed by atoms with Gasteiger partial charge in [-0.05, 0) is 12.0 Å². The zero-order valence-corrected chi connectivity index (χ0v) is 11.5. The summed E-state index contributed by atoms with van der Waals surface area (Å²) in [7, 11) is 0. The van der Waals surface area contributed by atoms with E-state index in [4.69, 9.17) is 9.84 Å². The molecule has 1 aromatic carbocycles. The van der Waals surface area contributed by atoms with Crippen LogP contribution < -0.4 is 0 Å². The van der Waals surface area contributed by atoms with Crippen molar-refractivity contribution in [3.05, 3.63) is 35.9 Å². The molecule has 5 heteroatoms. The molecular weight excluding hydrogens is 260 g/mol. The standard InChI is InChI=1S/C15H20O5/c1-2-3-9-12(14(16)17)20-13(15(18)19)10-11-7-5-4-6-8-11/h4-8,12-13H,2-3,9-10H2,1H3,(H,16,17)(H,18,19). The number of carbonyl (C=O) groups is 2. The van der Waals surface area contributed by atoms with Crippen LogP contribution in [-0.2, 0) is 20.7 Å². The van der Waals surface area contributed by atoms with E-state index in [1.807, 2.05) is 13.0 Å². The third-order valence-electron chi connectivity index (χ3n) is 2.96. The Morgan fingerprint density at radius 3 is 2.20 bits per heavy atom. The lowest BCUT2D eigenvalue weighted by atomic mass is 10.1. The quantitative estimate of drug-likeness (QED) is 0.725. The van der Waals surface area contributed by atoms with Gasteiger partial charge in [-0.25, -0.2) is 9.59 Å². The second-order valence-electron chi connectivity index (χ2n) is 4.62. The normalized spacial score (nSPS) is 13.7. The van der Waals surface area contributed by atoms with Crippen molar-refractivity contribution >= 4 is 11.9 Å². The minimum Gasteiger partial charge on any atom is -0.479 e. The van der Waals surface area contributed by atoms with Crippen LogP contribution >= 0.6 is 0 Å². The SMILES string of the molecule is CCCCC(OC(Cc1ccccc1)C(=O)O)C(=O)O. The largest absolute Gasteiger partial charge is 0.479 e. The fourth-order valence-electron chi connectivity index (χ4n) is 1.86. The van der Waals surface area contributed by atoms with Gasteiger partial charge in [0.25, 0.3) is 0 Å². The van der Waals surface area contributed by atoms with Crippen LogP contribution in [0.25, 0.3) is 0 Å². The lowest BCUT2D eigenvalue weighted by molar-refractivity contribution is -0.165. The van der Waals surface area contributed by atoms with E-state index < -0.39 is 24.1 Å². The van der Waals surface area contributed by atoms with Crippen LogP contribution in [-0.4, -0.2) is 34.4 Å². The maximum atomic E-state index is 11.2. The summed E-state index contributed by atoms with van der Waals surface area (Å²) >= 11 is 0. The first-order chi connectivity index (χ1) is 9.54. The molecule has 0 spiro atoms. The number of carboxylic acid groups (broad SMARTS) is 2. The lowest BCUT2D eigenvalue weighted by Crippen LogP contribution is -2.35. The van der Waals surface area contributed by atoms with Gasteiger partial charge in [0.2, 0.25) is 0 Å². The fraction of sp³-hybridized carbons (Fsp3) is 0.467. The van der Waals surface area contributed by atoms with Gasteiger partial charge in [-0.3, -0.25) is 0 Å². The zero-order valence-electron chi connectivity index (χ0n) is 11.5. The topological polar surface area (TPSA) is 83.8 Å². The summed E-state index contributed by atoms with van der Waals surface area (Å²) in [6.45, 7) is 1.94. The summed E-state index contributed by atoms with van der Waals surface area (Å²) < 4.78 is 5.28. The van der Waals surface area contributed by atoms with Gasteiger partial charge in [-0.15, -0.1) is 0 Å². The highest BCUT2D eigenvalue weighted by Crippen LogP contribution is 2.13. The molecule has 0 aliphatic carbocycles. The van der Waals surface area contributed by atoms with Crippen LogP contribution in [0.5, 0.6) is 0 Å². The molecular formula is C15H20O5. The molecule has 0 amide bonds. The summed E-state index contributed by atoms with van der Waals surface area (Å²) in [6.07, 6.45) is -0.204. The van der Waals surface area contributed by atoms with Gasteiger partial charge in [0.05, 0.1) is 0 Å². The Morgan fingerprint density at radius 2 is 1.70 bits per heavy atom. The molecule has 2 unspecified atom stereocenters. The van der Waals surface area contributed by atoms with Gasteiger partial charge in [0, 0.05) is 6.42 Å². The summed E-state index contributed by atoms with van der Waals surface area (Å²) in [5.41, 5.74) is 0.805. The van der Waals surface area contributed by atoms with Crippen molar-refractivity contribution in [1.82, 2.24) is 0 Å². The number of rotatable bonds is 9. The van der Waals surface area contributed by atoms with Gasteiger partial charge >= 0.3 is 11.9 Å². The number of unbranched alkanes of at least 4 members (excludes halogenated alkanes) is 1. The van der Waals surface area contributed by atoms with E-state index in [2.05, 4.69) is 0 Å². The molecule has 0 radical (unpaired) electrons. The number of hydrogen-bond acceptors (Lipinski definition) is 3. The highest BCUT2D eigenvalue weighted by Gasteiger charge is 2.27. The molecule has 0 heterocycles. The molecule has 1 rings (SSSR count). The van der Waals surface area contributed by atoms with Gasteiger partial charge in [-0.1, -0.05) is 50.1 Å². The van der Waals surface area contributed by atoms with Crippen LogP contribution in [0.1, 0.15) is 31.7 Å². The Bertz CT molecular complexity index is 429. The van der Waals surface area contributed by atoms with Crippen LogP contribution in [0, 0.1) is 0 Å². The van der Waals surface area contributed by atoms with E-state index >= 15 is 0 Å². The molecule has 0 aromatic heterocycles. The molecule has 20 heavy (non-hydrogen) atoms. The first-order valence-corrected chi connectivity index (χ1v) is 6.69. The summed E-state index contributed by atoms with van der Waals surface area (Å²) in [5, 5.41) is 18.3. The Hall–Kier alpha value is -1.88. The molecule has 0 saturated carbocycles. The fourth-order valence-corrected chi connectivity index (χ4v) is 1.86. The Balaban J connectivity index is 2.70. The maximum absolute atomic E-state index is 11.2. The van der Waals surface area contributed by atoms with Gasteiger partial charge in [-0.2, -0.15) is 0 Å². The molecule has 110 valence electrons. The molecule has 1 aromatic rings. The van der Waals surface area contributed by atoms with E-state index in [1.165, 1.54) is 0 Å². The zero-order chi connectivity index (χ0) is 15.0. The van der Waals surface area contributed by atoms with Crippen LogP contribution in [0.2, 0.25) is 0 Å². The molecule has 0 fully saturated rings. The number of hydrogen-bond donors (Lipinski definition) is 2. The number of aliphatic carboxylic acids is 2. The minimum atomic E-state index is -1.14. The van der Waals surface area contributed by atoms with E-state index in [-0.39, 0.29) is 6.42 Å². The summed E-state index contributed by atoms with van der Waals surface area (Å²) in [6, 6.07) is 9.03. The van der Waals surface area contributed by atoms with E-state index in [0.29, 0.717) is 12.8 Å². The molecule has 0 saturated heterocycles. The first kappa shape index (κ1) is 16.2. The maximum Gasteiger partial charge on any atom is 0.333 e. The Kier molecular flexibility index (Phi) is 6.73. The van der Waals surface area contributed by atoms with Crippen molar-refractivity contribution in [2.24, 2.45) is 0 Å². The highest BCUT2D eigenvalue weighted by atomic mass is 16.5. The predicted octanol–water partition coefficient (Wildman–Crippen LogP) is 2.34. The molecule has 2 atom stereocenters. The molecule has 5 nitrogen and oxygen atoms in total. The molecule has 0 aliphatic rings. The number of benzene rings is 1. The predicted molar refractivity (Wildman–Crippen MR) is 73.6 cm³/mol. The second kappa shape index (κ2) is 8.32. The molecule has 0 aliphatic heterocycles. The van der Waals surface area contributed by atoms with Crippen LogP contribution in [0.3, 0.4) is 0 Å². The van der Waals surface area contributed by atoms with Crippen molar-refractivity contribution in [3.63, 3.8) is 0 Å².